The van der Waals surface area contributed by atoms with Crippen LogP contribution < -0.4 is 10.6 Å². The van der Waals surface area contributed by atoms with Crippen molar-refractivity contribution >= 4 is 34.8 Å². The van der Waals surface area contributed by atoms with Crippen molar-refractivity contribution in [2.45, 2.75) is 38.6 Å². The van der Waals surface area contributed by atoms with E-state index in [9.17, 15) is 4.79 Å². The van der Waals surface area contributed by atoms with E-state index in [2.05, 4.69) is 34.7 Å². The lowest BCUT2D eigenvalue weighted by molar-refractivity contribution is -0.120. The SMILES string of the molecule is CCC(CC)c1nnc(NC(=O)C2COCCN2)s1.Cl. The molecule has 2 rings (SSSR count). The molecular formula is C12H21ClN4O2S. The molecule has 1 amide bonds. The molecule has 2 N–H and O–H groups in total. The van der Waals surface area contributed by atoms with Crippen molar-refractivity contribution in [1.29, 1.82) is 0 Å². The number of halogens is 1. The van der Waals surface area contributed by atoms with Crippen LogP contribution in [0.25, 0.3) is 0 Å². The molecular weight excluding hydrogens is 300 g/mol. The monoisotopic (exact) mass is 320 g/mol. The van der Waals surface area contributed by atoms with E-state index in [4.69, 9.17) is 4.74 Å². The highest BCUT2D eigenvalue weighted by atomic mass is 35.5. The zero-order valence-electron chi connectivity index (χ0n) is 11.7. The fourth-order valence-corrected chi connectivity index (χ4v) is 3.03. The predicted molar refractivity (Wildman–Crippen MR) is 81.7 cm³/mol. The van der Waals surface area contributed by atoms with Crippen LogP contribution in [0.3, 0.4) is 0 Å². The summed E-state index contributed by atoms with van der Waals surface area (Å²) < 4.78 is 5.26. The number of amides is 1. The maximum atomic E-state index is 12.0. The Balaban J connectivity index is 0.00000200. The number of carbonyl (C=O) groups excluding carboxylic acids is 1. The zero-order chi connectivity index (χ0) is 13.7. The Kier molecular flexibility index (Phi) is 7.36. The second-order valence-electron chi connectivity index (χ2n) is 4.53. The summed E-state index contributed by atoms with van der Waals surface area (Å²) in [7, 11) is 0. The highest BCUT2D eigenvalue weighted by Crippen LogP contribution is 2.28. The number of aromatic nitrogens is 2. The molecule has 1 atom stereocenters. The molecule has 1 aromatic heterocycles. The Morgan fingerprint density at radius 1 is 1.50 bits per heavy atom. The summed E-state index contributed by atoms with van der Waals surface area (Å²) >= 11 is 1.46. The van der Waals surface area contributed by atoms with Gasteiger partial charge in [0, 0.05) is 12.5 Å². The molecule has 0 aromatic carbocycles. The van der Waals surface area contributed by atoms with E-state index in [0.717, 1.165) is 17.8 Å². The maximum absolute atomic E-state index is 12.0. The molecule has 0 aliphatic carbocycles. The molecule has 1 aliphatic heterocycles. The molecule has 1 aromatic rings. The summed E-state index contributed by atoms with van der Waals surface area (Å²) in [4.78, 5) is 12.0. The van der Waals surface area contributed by atoms with E-state index >= 15 is 0 Å². The summed E-state index contributed by atoms with van der Waals surface area (Å²) in [5.41, 5.74) is 0. The molecule has 0 spiro atoms. The number of nitrogens with zero attached hydrogens (tertiary/aromatic N) is 2. The average Bonchev–Trinajstić information content (AvgIpc) is 2.89. The van der Waals surface area contributed by atoms with Crippen molar-refractivity contribution in [3.05, 3.63) is 5.01 Å². The molecule has 6 nitrogen and oxygen atoms in total. The summed E-state index contributed by atoms with van der Waals surface area (Å²) in [6, 6.07) is -0.297. The smallest absolute Gasteiger partial charge is 0.245 e. The first-order chi connectivity index (χ1) is 9.24. The van der Waals surface area contributed by atoms with Gasteiger partial charge in [0.2, 0.25) is 11.0 Å². The summed E-state index contributed by atoms with van der Waals surface area (Å²) in [6.07, 6.45) is 2.08. The topological polar surface area (TPSA) is 76.1 Å². The van der Waals surface area contributed by atoms with Gasteiger partial charge in [0.15, 0.2) is 0 Å². The lowest BCUT2D eigenvalue weighted by Crippen LogP contribution is -2.48. The van der Waals surface area contributed by atoms with Gasteiger partial charge in [-0.3, -0.25) is 10.1 Å². The number of nitrogens with one attached hydrogen (secondary N) is 2. The van der Waals surface area contributed by atoms with Crippen molar-refractivity contribution < 1.29 is 9.53 Å². The van der Waals surface area contributed by atoms with Gasteiger partial charge in [-0.25, -0.2) is 0 Å². The number of hydrogen-bond acceptors (Lipinski definition) is 6. The fraction of sp³-hybridized carbons (Fsp3) is 0.750. The third kappa shape index (κ3) is 4.37. The van der Waals surface area contributed by atoms with E-state index < -0.39 is 0 Å². The van der Waals surface area contributed by atoms with Crippen LogP contribution in [-0.4, -0.2) is 41.9 Å². The van der Waals surface area contributed by atoms with Crippen LogP contribution >= 0.6 is 23.7 Å². The molecule has 1 aliphatic rings. The summed E-state index contributed by atoms with van der Waals surface area (Å²) in [6.45, 7) is 6.03. The highest BCUT2D eigenvalue weighted by Gasteiger charge is 2.22. The average molecular weight is 321 g/mol. The third-order valence-corrected chi connectivity index (χ3v) is 4.24. The van der Waals surface area contributed by atoms with Crippen LogP contribution in [-0.2, 0) is 9.53 Å². The minimum Gasteiger partial charge on any atom is -0.378 e. The first-order valence-electron chi connectivity index (χ1n) is 6.70. The van der Waals surface area contributed by atoms with E-state index in [1.165, 1.54) is 11.3 Å². The predicted octanol–water partition coefficient (Wildman–Crippen LogP) is 1.79. The van der Waals surface area contributed by atoms with Gasteiger partial charge in [-0.2, -0.15) is 0 Å². The number of rotatable bonds is 5. The Morgan fingerprint density at radius 3 is 2.85 bits per heavy atom. The number of carbonyl (C=O) groups is 1. The van der Waals surface area contributed by atoms with Crippen LogP contribution in [0.1, 0.15) is 37.6 Å². The van der Waals surface area contributed by atoms with Gasteiger partial charge < -0.3 is 10.1 Å². The van der Waals surface area contributed by atoms with Crippen molar-refractivity contribution in [3.8, 4) is 0 Å². The maximum Gasteiger partial charge on any atom is 0.245 e. The highest BCUT2D eigenvalue weighted by molar-refractivity contribution is 7.15. The molecule has 1 unspecified atom stereocenters. The van der Waals surface area contributed by atoms with Crippen LogP contribution in [0, 0.1) is 0 Å². The molecule has 114 valence electrons. The van der Waals surface area contributed by atoms with Gasteiger partial charge >= 0.3 is 0 Å². The number of morpholine rings is 1. The molecule has 0 radical (unpaired) electrons. The Labute approximate surface area is 129 Å². The minimum absolute atomic E-state index is 0. The number of ether oxygens (including phenoxy) is 1. The molecule has 8 heteroatoms. The Hall–Kier alpha value is -0.760. The van der Waals surface area contributed by atoms with E-state index in [-0.39, 0.29) is 24.4 Å². The van der Waals surface area contributed by atoms with Crippen molar-refractivity contribution in [1.82, 2.24) is 15.5 Å². The molecule has 0 saturated carbocycles. The molecule has 2 heterocycles. The number of anilines is 1. The van der Waals surface area contributed by atoms with Crippen molar-refractivity contribution in [3.63, 3.8) is 0 Å². The van der Waals surface area contributed by atoms with Gasteiger partial charge in [0.05, 0.1) is 13.2 Å². The van der Waals surface area contributed by atoms with Gasteiger partial charge in [0.25, 0.3) is 0 Å². The van der Waals surface area contributed by atoms with Crippen molar-refractivity contribution in [2.24, 2.45) is 0 Å². The van der Waals surface area contributed by atoms with E-state index in [1.54, 1.807) is 0 Å². The lowest BCUT2D eigenvalue weighted by atomic mass is 10.1. The molecule has 0 bridgehead atoms. The third-order valence-electron chi connectivity index (χ3n) is 3.24. The van der Waals surface area contributed by atoms with Gasteiger partial charge in [-0.05, 0) is 12.8 Å². The van der Waals surface area contributed by atoms with Crippen molar-refractivity contribution in [2.75, 3.05) is 25.1 Å². The van der Waals surface area contributed by atoms with Gasteiger partial charge in [-0.1, -0.05) is 25.2 Å². The Bertz CT molecular complexity index is 419. The quantitative estimate of drug-likeness (QED) is 0.865. The normalized spacial score (nSPS) is 18.6. The van der Waals surface area contributed by atoms with Gasteiger partial charge in [-0.15, -0.1) is 22.6 Å². The summed E-state index contributed by atoms with van der Waals surface area (Å²) in [5, 5.41) is 15.7. The molecule has 20 heavy (non-hydrogen) atoms. The van der Waals surface area contributed by atoms with E-state index in [1.807, 2.05) is 0 Å². The standard InChI is InChI=1S/C12H20N4O2S.ClH/c1-3-8(4-2)11-15-16-12(19-11)14-10(17)9-7-18-6-5-13-9;/h8-9,13H,3-7H2,1-2H3,(H,14,16,17);1H. The second kappa shape index (κ2) is 8.51. The number of hydrogen-bond donors (Lipinski definition) is 2. The largest absolute Gasteiger partial charge is 0.378 e. The first-order valence-corrected chi connectivity index (χ1v) is 7.51. The first kappa shape index (κ1) is 17.3. The Morgan fingerprint density at radius 2 is 2.25 bits per heavy atom. The van der Waals surface area contributed by atoms with E-state index in [0.29, 0.717) is 30.8 Å². The zero-order valence-corrected chi connectivity index (χ0v) is 13.4. The minimum atomic E-state index is -0.297. The van der Waals surface area contributed by atoms with Crippen LogP contribution in [0.5, 0.6) is 0 Å². The lowest BCUT2D eigenvalue weighted by Gasteiger charge is -2.22. The molecule has 1 fully saturated rings. The van der Waals surface area contributed by atoms with Crippen LogP contribution in [0.4, 0.5) is 5.13 Å². The second-order valence-corrected chi connectivity index (χ2v) is 5.54. The van der Waals surface area contributed by atoms with Crippen LogP contribution in [0.2, 0.25) is 0 Å². The fourth-order valence-electron chi connectivity index (χ4n) is 2.01. The summed E-state index contributed by atoms with van der Waals surface area (Å²) in [5.74, 6) is 0.325. The van der Waals surface area contributed by atoms with Gasteiger partial charge in [0.1, 0.15) is 11.0 Å². The molecule has 1 saturated heterocycles. The van der Waals surface area contributed by atoms with Crippen LogP contribution in [0.15, 0.2) is 0 Å².